The van der Waals surface area contributed by atoms with Gasteiger partial charge in [0.15, 0.2) is 0 Å². The summed E-state index contributed by atoms with van der Waals surface area (Å²) in [4.78, 5) is 29.7. The average molecular weight is 357 g/mol. The van der Waals surface area contributed by atoms with Gasteiger partial charge in [0.1, 0.15) is 12.0 Å². The molecule has 1 atom stereocenters. The van der Waals surface area contributed by atoms with E-state index in [1.54, 1.807) is 29.1 Å². The van der Waals surface area contributed by atoms with Gasteiger partial charge in [-0.05, 0) is 11.6 Å². The van der Waals surface area contributed by atoms with Crippen LogP contribution in [0.3, 0.4) is 0 Å². The second-order valence-electron chi connectivity index (χ2n) is 5.53. The number of hydrogen-bond donors (Lipinski definition) is 1. The summed E-state index contributed by atoms with van der Waals surface area (Å²) in [5, 5.41) is 2.64. The summed E-state index contributed by atoms with van der Waals surface area (Å²) in [5.74, 6) is 0.510. The summed E-state index contributed by atoms with van der Waals surface area (Å²) in [7, 11) is 0. The second-order valence-corrected chi connectivity index (χ2v) is 6.59. The van der Waals surface area contributed by atoms with E-state index >= 15 is 0 Å². The fourth-order valence-corrected chi connectivity index (χ4v) is 3.75. The zero-order chi connectivity index (χ0) is 17.5. The first kappa shape index (κ1) is 17.3. The minimum absolute atomic E-state index is 0.0525. The molecule has 1 aliphatic rings. The fraction of sp³-hybridized carbons (Fsp3) is 0.278. The third-order valence-electron chi connectivity index (χ3n) is 3.77. The molecule has 1 aromatic carbocycles. The van der Waals surface area contributed by atoms with Gasteiger partial charge in [-0.2, -0.15) is 0 Å². The van der Waals surface area contributed by atoms with Crippen molar-refractivity contribution in [3.63, 3.8) is 0 Å². The lowest BCUT2D eigenvalue weighted by atomic mass is 10.2. The molecule has 0 bridgehead atoms. The number of carbonyl (C=O) groups is 2. The van der Waals surface area contributed by atoms with Crippen molar-refractivity contribution in [3.8, 4) is 0 Å². The first-order valence-electron chi connectivity index (χ1n) is 7.99. The maximum atomic E-state index is 12.1. The third kappa shape index (κ3) is 4.73. The predicted molar refractivity (Wildman–Crippen MR) is 95.8 cm³/mol. The van der Waals surface area contributed by atoms with Crippen LogP contribution < -0.4 is 5.32 Å². The predicted octanol–water partition coefficient (Wildman–Crippen LogP) is 2.58. The van der Waals surface area contributed by atoms with Gasteiger partial charge in [0.2, 0.25) is 5.91 Å². The summed E-state index contributed by atoms with van der Waals surface area (Å²) in [5.41, 5.74) is 1.92. The number of amides is 2. The number of nitrogens with one attached hydrogen (secondary N) is 1. The fourth-order valence-electron chi connectivity index (χ4n) is 2.55. The highest BCUT2D eigenvalue weighted by atomic mass is 32.2. The van der Waals surface area contributed by atoms with E-state index in [0.717, 1.165) is 11.1 Å². The zero-order valence-corrected chi connectivity index (χ0v) is 14.4. The van der Waals surface area contributed by atoms with Gasteiger partial charge in [-0.25, -0.2) is 4.79 Å². The van der Waals surface area contributed by atoms with Crippen LogP contribution in [-0.2, 0) is 16.1 Å². The van der Waals surface area contributed by atoms with Gasteiger partial charge in [0.25, 0.3) is 0 Å². The Hall–Kier alpha value is -2.54. The number of benzene rings is 1. The lowest BCUT2D eigenvalue weighted by Gasteiger charge is -2.24. The molecular weight excluding hydrogens is 338 g/mol. The van der Waals surface area contributed by atoms with Crippen molar-refractivity contribution >= 4 is 23.8 Å². The van der Waals surface area contributed by atoms with E-state index in [2.05, 4.69) is 10.3 Å². The third-order valence-corrected chi connectivity index (χ3v) is 5.03. The van der Waals surface area contributed by atoms with Crippen LogP contribution in [0.5, 0.6) is 0 Å². The number of hydrogen-bond acceptors (Lipinski definition) is 5. The molecule has 1 aliphatic heterocycles. The maximum absolute atomic E-state index is 12.1. The summed E-state index contributed by atoms with van der Waals surface area (Å²) in [6, 6.07) is 13.3. The van der Waals surface area contributed by atoms with E-state index in [1.807, 2.05) is 42.5 Å². The Morgan fingerprint density at radius 2 is 2.12 bits per heavy atom. The summed E-state index contributed by atoms with van der Waals surface area (Å²) < 4.78 is 5.16. The Labute approximate surface area is 150 Å². The van der Waals surface area contributed by atoms with E-state index in [1.165, 1.54) is 0 Å². The number of aromatic nitrogens is 1. The van der Waals surface area contributed by atoms with Gasteiger partial charge in [-0.1, -0.05) is 36.4 Å². The van der Waals surface area contributed by atoms with Crippen molar-refractivity contribution in [2.75, 3.05) is 18.8 Å². The molecule has 3 rings (SSSR count). The van der Waals surface area contributed by atoms with Gasteiger partial charge in [0, 0.05) is 31.0 Å². The second kappa shape index (κ2) is 8.53. The summed E-state index contributed by atoms with van der Waals surface area (Å²) in [6.45, 7) is 1.01. The monoisotopic (exact) mass is 357 g/mol. The molecule has 2 aromatic rings. The van der Waals surface area contributed by atoms with E-state index in [-0.39, 0.29) is 17.9 Å². The number of carbonyl (C=O) groups excluding carboxylic acids is 2. The van der Waals surface area contributed by atoms with Gasteiger partial charge in [-0.15, -0.1) is 11.8 Å². The molecule has 25 heavy (non-hydrogen) atoms. The molecule has 1 N–H and O–H groups in total. The van der Waals surface area contributed by atoms with E-state index < -0.39 is 6.09 Å². The largest absolute Gasteiger partial charge is 0.445 e. The molecule has 7 heteroatoms. The molecule has 6 nitrogen and oxygen atoms in total. The normalized spacial score (nSPS) is 16.7. The minimum atomic E-state index is -0.485. The molecule has 0 spiro atoms. The molecule has 1 unspecified atom stereocenters. The Bertz CT molecular complexity index is 712. The van der Waals surface area contributed by atoms with Crippen molar-refractivity contribution in [1.82, 2.24) is 15.2 Å². The first-order valence-corrected chi connectivity index (χ1v) is 9.04. The standard InChI is InChI=1S/C18H19N3O3S/c22-16-13-25-17(15-7-4-8-19-11-15)21(16)10-9-20-18(23)24-12-14-5-2-1-3-6-14/h1-8,11,17H,9-10,12-13H2,(H,20,23). The Kier molecular flexibility index (Phi) is 5.90. The highest BCUT2D eigenvalue weighted by Gasteiger charge is 2.32. The summed E-state index contributed by atoms with van der Waals surface area (Å²) >= 11 is 1.57. The molecule has 1 saturated heterocycles. The van der Waals surface area contributed by atoms with Crippen LogP contribution in [-0.4, -0.2) is 40.7 Å². The zero-order valence-electron chi connectivity index (χ0n) is 13.6. The van der Waals surface area contributed by atoms with Crippen molar-refractivity contribution in [2.45, 2.75) is 12.0 Å². The van der Waals surface area contributed by atoms with Crippen LogP contribution in [0.4, 0.5) is 4.79 Å². The Balaban J connectivity index is 1.45. The highest BCUT2D eigenvalue weighted by molar-refractivity contribution is 8.00. The van der Waals surface area contributed by atoms with Gasteiger partial charge in [0.05, 0.1) is 5.75 Å². The molecule has 2 amide bonds. The topological polar surface area (TPSA) is 71.5 Å². The summed E-state index contributed by atoms with van der Waals surface area (Å²) in [6.07, 6.45) is 2.99. The lowest BCUT2D eigenvalue weighted by molar-refractivity contribution is -0.128. The number of rotatable bonds is 6. The van der Waals surface area contributed by atoms with Crippen molar-refractivity contribution in [3.05, 3.63) is 66.0 Å². The van der Waals surface area contributed by atoms with Crippen LogP contribution in [0.15, 0.2) is 54.9 Å². The number of alkyl carbamates (subject to hydrolysis) is 1. The van der Waals surface area contributed by atoms with Gasteiger partial charge < -0.3 is 15.0 Å². The molecular formula is C18H19N3O3S. The van der Waals surface area contributed by atoms with Gasteiger partial charge >= 0.3 is 6.09 Å². The molecule has 0 radical (unpaired) electrons. The van der Waals surface area contributed by atoms with E-state index in [4.69, 9.17) is 4.74 Å². The minimum Gasteiger partial charge on any atom is -0.445 e. The van der Waals surface area contributed by atoms with Crippen molar-refractivity contribution in [2.24, 2.45) is 0 Å². The first-order chi connectivity index (χ1) is 12.2. The Morgan fingerprint density at radius 3 is 2.88 bits per heavy atom. The Morgan fingerprint density at radius 1 is 1.28 bits per heavy atom. The smallest absolute Gasteiger partial charge is 0.407 e. The van der Waals surface area contributed by atoms with Crippen LogP contribution in [0.1, 0.15) is 16.5 Å². The van der Waals surface area contributed by atoms with Crippen molar-refractivity contribution in [1.29, 1.82) is 0 Å². The molecule has 1 fully saturated rings. The molecule has 1 aromatic heterocycles. The van der Waals surface area contributed by atoms with Crippen LogP contribution in [0.2, 0.25) is 0 Å². The van der Waals surface area contributed by atoms with Crippen molar-refractivity contribution < 1.29 is 14.3 Å². The SMILES string of the molecule is O=C(NCCN1C(=O)CSC1c1cccnc1)OCc1ccccc1. The van der Waals surface area contributed by atoms with E-state index in [0.29, 0.717) is 18.8 Å². The van der Waals surface area contributed by atoms with Gasteiger partial charge in [-0.3, -0.25) is 9.78 Å². The van der Waals surface area contributed by atoms with E-state index in [9.17, 15) is 9.59 Å². The number of thioether (sulfide) groups is 1. The molecule has 2 heterocycles. The van der Waals surface area contributed by atoms with Crippen LogP contribution in [0, 0.1) is 0 Å². The highest BCUT2D eigenvalue weighted by Crippen LogP contribution is 2.37. The lowest BCUT2D eigenvalue weighted by Crippen LogP contribution is -2.37. The molecule has 130 valence electrons. The number of ether oxygens (including phenoxy) is 1. The molecule has 0 saturated carbocycles. The maximum Gasteiger partial charge on any atom is 0.407 e. The number of nitrogens with zero attached hydrogens (tertiary/aromatic N) is 2. The van der Waals surface area contributed by atoms with Crippen LogP contribution >= 0.6 is 11.8 Å². The molecule has 0 aliphatic carbocycles. The average Bonchev–Trinajstić information content (AvgIpc) is 3.02. The quantitative estimate of drug-likeness (QED) is 0.860. The van der Waals surface area contributed by atoms with Crippen LogP contribution in [0.25, 0.3) is 0 Å². The number of pyridine rings is 1.